The highest BCUT2D eigenvalue weighted by Crippen LogP contribution is 2.31. The first kappa shape index (κ1) is 20.3. The van der Waals surface area contributed by atoms with Gasteiger partial charge in [-0.1, -0.05) is 19.1 Å². The molecule has 0 saturated carbocycles. The van der Waals surface area contributed by atoms with Crippen LogP contribution in [-0.4, -0.2) is 61.0 Å². The number of rotatable bonds is 4. The third-order valence-corrected chi connectivity index (χ3v) is 8.08. The Morgan fingerprint density at radius 3 is 2.45 bits per heavy atom. The minimum absolute atomic E-state index is 0.126. The largest absolute Gasteiger partial charge is 0.304 e. The molecule has 0 amide bonds. The zero-order valence-electron chi connectivity index (χ0n) is 17.1. The van der Waals surface area contributed by atoms with Crippen molar-refractivity contribution < 1.29 is 8.42 Å². The molecule has 156 valence electrons. The molecular weight excluding hydrogens is 388 g/mol. The van der Waals surface area contributed by atoms with Crippen molar-refractivity contribution in [1.82, 2.24) is 19.4 Å². The van der Waals surface area contributed by atoms with E-state index in [4.69, 9.17) is 0 Å². The van der Waals surface area contributed by atoms with E-state index in [2.05, 4.69) is 15.1 Å². The van der Waals surface area contributed by atoms with Gasteiger partial charge in [-0.25, -0.2) is 13.5 Å². The standard InChI is InChI=1S/C21H28N4O3S/c1-3-15-8-9-16(20-17-6-4-5-7-18(17)21(26)23-22-20)14-19(15)29(27,28)25-12-10-24(2)11-13-25/h8-9,14H,3-7,10-13H2,1-2H3,(H,23,26). The number of aromatic amines is 1. The van der Waals surface area contributed by atoms with Gasteiger partial charge in [0.15, 0.2) is 0 Å². The Balaban J connectivity index is 1.80. The van der Waals surface area contributed by atoms with Crippen molar-refractivity contribution in [2.24, 2.45) is 0 Å². The molecule has 1 fully saturated rings. The monoisotopic (exact) mass is 416 g/mol. The second-order valence-electron chi connectivity index (χ2n) is 7.95. The molecule has 1 aromatic heterocycles. The van der Waals surface area contributed by atoms with Crippen LogP contribution in [0.4, 0.5) is 0 Å². The molecule has 2 aliphatic rings. The number of sulfonamides is 1. The van der Waals surface area contributed by atoms with Gasteiger partial charge in [-0.15, -0.1) is 0 Å². The molecule has 0 unspecified atom stereocenters. The minimum atomic E-state index is -3.58. The summed E-state index contributed by atoms with van der Waals surface area (Å²) in [5.41, 5.74) is 3.91. The van der Waals surface area contributed by atoms with E-state index in [1.165, 1.54) is 0 Å². The number of hydrogen-bond acceptors (Lipinski definition) is 5. The molecule has 1 saturated heterocycles. The van der Waals surface area contributed by atoms with Gasteiger partial charge in [-0.05, 0) is 56.3 Å². The van der Waals surface area contributed by atoms with Crippen molar-refractivity contribution in [3.8, 4) is 11.3 Å². The van der Waals surface area contributed by atoms with Crippen LogP contribution in [0.25, 0.3) is 11.3 Å². The van der Waals surface area contributed by atoms with E-state index in [-0.39, 0.29) is 5.56 Å². The summed E-state index contributed by atoms with van der Waals surface area (Å²) < 4.78 is 28.4. The number of H-pyrrole nitrogens is 1. The number of fused-ring (bicyclic) bond motifs is 1. The molecule has 29 heavy (non-hydrogen) atoms. The van der Waals surface area contributed by atoms with Crippen LogP contribution in [0.3, 0.4) is 0 Å². The van der Waals surface area contributed by atoms with E-state index in [9.17, 15) is 13.2 Å². The summed E-state index contributed by atoms with van der Waals surface area (Å²) in [6, 6.07) is 5.57. The Hall–Kier alpha value is -2.03. The maximum absolute atomic E-state index is 13.4. The predicted octanol–water partition coefficient (Wildman–Crippen LogP) is 1.81. The zero-order chi connectivity index (χ0) is 20.6. The van der Waals surface area contributed by atoms with Crippen molar-refractivity contribution in [1.29, 1.82) is 0 Å². The summed E-state index contributed by atoms with van der Waals surface area (Å²) in [6.07, 6.45) is 4.21. The predicted molar refractivity (Wildman–Crippen MR) is 113 cm³/mol. The van der Waals surface area contributed by atoms with Crippen molar-refractivity contribution >= 4 is 10.0 Å². The number of benzene rings is 1. The fourth-order valence-electron chi connectivity index (χ4n) is 4.30. The molecule has 0 spiro atoms. The van der Waals surface area contributed by atoms with Crippen LogP contribution in [-0.2, 0) is 29.3 Å². The average molecular weight is 417 g/mol. The Labute approximate surface area is 171 Å². The molecule has 1 N–H and O–H groups in total. The van der Waals surface area contributed by atoms with Crippen LogP contribution in [0.5, 0.6) is 0 Å². The fourth-order valence-corrected chi connectivity index (χ4v) is 6.04. The molecule has 0 atom stereocenters. The highest BCUT2D eigenvalue weighted by Gasteiger charge is 2.30. The zero-order valence-corrected chi connectivity index (χ0v) is 17.9. The Morgan fingerprint density at radius 1 is 1.07 bits per heavy atom. The van der Waals surface area contributed by atoms with E-state index in [0.717, 1.165) is 61.0 Å². The highest BCUT2D eigenvalue weighted by molar-refractivity contribution is 7.89. The normalized spacial score (nSPS) is 18.6. The minimum Gasteiger partial charge on any atom is -0.304 e. The number of nitrogens with one attached hydrogen (secondary N) is 1. The van der Waals surface area contributed by atoms with Gasteiger partial charge in [0.2, 0.25) is 10.0 Å². The molecule has 0 bridgehead atoms. The average Bonchev–Trinajstić information content (AvgIpc) is 2.74. The lowest BCUT2D eigenvalue weighted by Gasteiger charge is -2.32. The van der Waals surface area contributed by atoms with Crippen LogP contribution in [0.1, 0.15) is 36.5 Å². The summed E-state index contributed by atoms with van der Waals surface area (Å²) in [5.74, 6) is 0. The second-order valence-corrected chi connectivity index (χ2v) is 9.86. The molecule has 2 heterocycles. The molecule has 0 radical (unpaired) electrons. The van der Waals surface area contributed by atoms with Crippen LogP contribution in [0, 0.1) is 0 Å². The van der Waals surface area contributed by atoms with Gasteiger partial charge in [-0.3, -0.25) is 4.79 Å². The number of hydrogen-bond donors (Lipinski definition) is 1. The third kappa shape index (κ3) is 3.76. The van der Waals surface area contributed by atoms with Gasteiger partial charge in [0.05, 0.1) is 10.6 Å². The number of likely N-dealkylation sites (N-methyl/N-ethyl adjacent to an activating group) is 1. The van der Waals surface area contributed by atoms with Gasteiger partial charge < -0.3 is 4.90 Å². The first-order valence-corrected chi connectivity index (χ1v) is 11.8. The number of piperazine rings is 1. The molecule has 8 heteroatoms. The van der Waals surface area contributed by atoms with E-state index in [1.54, 1.807) is 10.4 Å². The maximum atomic E-state index is 13.4. The van der Waals surface area contributed by atoms with Crippen molar-refractivity contribution in [3.63, 3.8) is 0 Å². The quantitative estimate of drug-likeness (QED) is 0.822. The Bertz CT molecular complexity index is 1070. The molecule has 4 rings (SSSR count). The van der Waals surface area contributed by atoms with E-state index < -0.39 is 10.0 Å². The molecule has 1 aliphatic carbocycles. The first-order valence-electron chi connectivity index (χ1n) is 10.3. The van der Waals surface area contributed by atoms with E-state index >= 15 is 0 Å². The summed E-state index contributed by atoms with van der Waals surface area (Å²) >= 11 is 0. The highest BCUT2D eigenvalue weighted by atomic mass is 32.2. The van der Waals surface area contributed by atoms with Gasteiger partial charge in [0, 0.05) is 37.3 Å². The van der Waals surface area contributed by atoms with E-state index in [0.29, 0.717) is 30.1 Å². The van der Waals surface area contributed by atoms with E-state index in [1.807, 2.05) is 26.1 Å². The fraction of sp³-hybridized carbons (Fsp3) is 0.524. The van der Waals surface area contributed by atoms with Gasteiger partial charge in [0.25, 0.3) is 5.56 Å². The smallest absolute Gasteiger partial charge is 0.267 e. The number of aromatic nitrogens is 2. The maximum Gasteiger partial charge on any atom is 0.267 e. The topological polar surface area (TPSA) is 86.4 Å². The third-order valence-electron chi connectivity index (χ3n) is 6.10. The van der Waals surface area contributed by atoms with Crippen LogP contribution in [0.2, 0.25) is 0 Å². The van der Waals surface area contributed by atoms with Crippen molar-refractivity contribution in [2.45, 2.75) is 43.9 Å². The summed E-state index contributed by atoms with van der Waals surface area (Å²) in [6.45, 7) is 4.43. The lowest BCUT2D eigenvalue weighted by Crippen LogP contribution is -2.47. The number of nitrogens with zero attached hydrogens (tertiary/aromatic N) is 3. The molecule has 1 aliphatic heterocycles. The lowest BCUT2D eigenvalue weighted by atomic mass is 9.89. The first-order chi connectivity index (χ1) is 13.9. The summed E-state index contributed by atoms with van der Waals surface area (Å²) in [5, 5.41) is 6.92. The number of aryl methyl sites for hydroxylation is 1. The van der Waals surface area contributed by atoms with Crippen molar-refractivity contribution in [2.75, 3.05) is 33.2 Å². The SMILES string of the molecule is CCc1ccc(-c2n[nH]c(=O)c3c2CCCC3)cc1S(=O)(=O)N1CCN(C)CC1. The van der Waals surface area contributed by atoms with Crippen LogP contribution < -0.4 is 5.56 Å². The van der Waals surface area contributed by atoms with Gasteiger partial charge in [0.1, 0.15) is 0 Å². The Kier molecular flexibility index (Phi) is 5.59. The van der Waals surface area contributed by atoms with Crippen LogP contribution >= 0.6 is 0 Å². The molecule has 2 aromatic rings. The summed E-state index contributed by atoms with van der Waals surface area (Å²) in [4.78, 5) is 14.7. The molecule has 1 aromatic carbocycles. The molecular formula is C21H28N4O3S. The van der Waals surface area contributed by atoms with Gasteiger partial charge in [-0.2, -0.15) is 9.40 Å². The molecule has 7 nitrogen and oxygen atoms in total. The van der Waals surface area contributed by atoms with Gasteiger partial charge >= 0.3 is 0 Å². The summed E-state index contributed by atoms with van der Waals surface area (Å²) in [7, 11) is -1.57. The lowest BCUT2D eigenvalue weighted by molar-refractivity contribution is 0.222. The van der Waals surface area contributed by atoms with Crippen LogP contribution in [0.15, 0.2) is 27.9 Å². The second kappa shape index (κ2) is 8.01. The van der Waals surface area contributed by atoms with Crippen molar-refractivity contribution in [3.05, 3.63) is 45.2 Å². The Morgan fingerprint density at radius 2 is 1.76 bits per heavy atom.